The van der Waals surface area contributed by atoms with Crippen molar-refractivity contribution in [1.29, 1.82) is 5.26 Å². The molecule has 1 aromatic heterocycles. The van der Waals surface area contributed by atoms with Crippen LogP contribution in [0.1, 0.15) is 42.9 Å². The molecule has 168 valence electrons. The molecule has 2 aromatic carbocycles. The SMILES string of the molecule is CCOc1ccc2ncc(C#N)c(N3CCC(C(=O)Nc4ccc5c(c4)CCC5)CC3)c2c1. The van der Waals surface area contributed by atoms with Crippen LogP contribution in [0, 0.1) is 17.2 Å². The van der Waals surface area contributed by atoms with E-state index in [0.717, 1.165) is 66.8 Å². The minimum absolute atomic E-state index is 0.0351. The second-order valence-corrected chi connectivity index (χ2v) is 8.83. The van der Waals surface area contributed by atoms with Gasteiger partial charge in [-0.3, -0.25) is 9.78 Å². The van der Waals surface area contributed by atoms with E-state index in [1.165, 1.54) is 17.5 Å². The molecule has 0 radical (unpaired) electrons. The minimum atomic E-state index is -0.0351. The molecule has 0 atom stereocenters. The number of carbonyl (C=O) groups is 1. The highest BCUT2D eigenvalue weighted by Crippen LogP contribution is 2.35. The predicted molar refractivity (Wildman–Crippen MR) is 130 cm³/mol. The molecule has 2 aliphatic rings. The number of amides is 1. The smallest absolute Gasteiger partial charge is 0.227 e. The Morgan fingerprint density at radius 3 is 2.79 bits per heavy atom. The highest BCUT2D eigenvalue weighted by Gasteiger charge is 2.27. The monoisotopic (exact) mass is 440 g/mol. The maximum atomic E-state index is 13.0. The van der Waals surface area contributed by atoms with Crippen molar-refractivity contribution < 1.29 is 9.53 Å². The number of carbonyl (C=O) groups excluding carboxylic acids is 1. The molecule has 33 heavy (non-hydrogen) atoms. The van der Waals surface area contributed by atoms with Crippen LogP contribution in [0.25, 0.3) is 10.9 Å². The summed E-state index contributed by atoms with van der Waals surface area (Å²) in [7, 11) is 0. The normalized spacial score (nSPS) is 15.8. The summed E-state index contributed by atoms with van der Waals surface area (Å²) in [5, 5.41) is 13.8. The zero-order valence-corrected chi connectivity index (χ0v) is 18.9. The van der Waals surface area contributed by atoms with Crippen LogP contribution in [0.4, 0.5) is 11.4 Å². The van der Waals surface area contributed by atoms with Crippen LogP contribution in [0.3, 0.4) is 0 Å². The molecule has 1 aliphatic carbocycles. The number of nitriles is 1. The predicted octanol–water partition coefficient (Wildman–Crippen LogP) is 4.85. The van der Waals surface area contributed by atoms with Crippen LogP contribution in [-0.4, -0.2) is 30.6 Å². The van der Waals surface area contributed by atoms with E-state index in [4.69, 9.17) is 4.74 Å². The van der Waals surface area contributed by atoms with Crippen LogP contribution in [0.15, 0.2) is 42.6 Å². The van der Waals surface area contributed by atoms with E-state index in [9.17, 15) is 10.1 Å². The third kappa shape index (κ3) is 4.23. The van der Waals surface area contributed by atoms with Crippen molar-refractivity contribution in [2.45, 2.75) is 39.0 Å². The van der Waals surface area contributed by atoms with Crippen molar-refractivity contribution in [1.82, 2.24) is 4.98 Å². The van der Waals surface area contributed by atoms with Gasteiger partial charge >= 0.3 is 0 Å². The lowest BCUT2D eigenvalue weighted by Crippen LogP contribution is -2.38. The maximum absolute atomic E-state index is 13.0. The molecule has 0 spiro atoms. The largest absolute Gasteiger partial charge is 0.494 e. The molecule has 0 bridgehead atoms. The van der Waals surface area contributed by atoms with Crippen LogP contribution in [-0.2, 0) is 17.6 Å². The highest BCUT2D eigenvalue weighted by molar-refractivity contribution is 5.96. The molecule has 1 N–H and O–H groups in total. The van der Waals surface area contributed by atoms with Crippen LogP contribution < -0.4 is 15.0 Å². The number of aromatic nitrogens is 1. The first-order chi connectivity index (χ1) is 16.2. The van der Waals surface area contributed by atoms with E-state index in [0.29, 0.717) is 12.2 Å². The summed E-state index contributed by atoms with van der Waals surface area (Å²) < 4.78 is 5.68. The molecular formula is C27H28N4O2. The summed E-state index contributed by atoms with van der Waals surface area (Å²) in [6.45, 7) is 3.97. The van der Waals surface area contributed by atoms with Gasteiger partial charge in [-0.15, -0.1) is 0 Å². The quantitative estimate of drug-likeness (QED) is 0.614. The Morgan fingerprint density at radius 1 is 1.18 bits per heavy atom. The third-order valence-corrected chi connectivity index (χ3v) is 6.79. The number of rotatable bonds is 5. The maximum Gasteiger partial charge on any atom is 0.227 e. The van der Waals surface area contributed by atoms with Crippen molar-refractivity contribution in [3.8, 4) is 11.8 Å². The molecule has 5 rings (SSSR count). The van der Waals surface area contributed by atoms with Crippen LogP contribution in [0.2, 0.25) is 0 Å². The Labute approximate surface area is 194 Å². The highest BCUT2D eigenvalue weighted by atomic mass is 16.5. The van der Waals surface area contributed by atoms with Crippen molar-refractivity contribution in [2.24, 2.45) is 5.92 Å². The van der Waals surface area contributed by atoms with Gasteiger partial charge in [0.25, 0.3) is 0 Å². The standard InChI is InChI=1S/C27H28N4O2/c1-2-33-23-8-9-25-24(15-23)26(21(16-28)17-29-25)31-12-10-19(11-13-31)27(32)30-22-7-6-18-4-3-5-20(18)14-22/h6-9,14-15,17,19H,2-5,10-13H2,1H3,(H,30,32). The first kappa shape index (κ1) is 21.3. The van der Waals surface area contributed by atoms with Gasteiger partial charge in [0.2, 0.25) is 5.91 Å². The van der Waals surface area contributed by atoms with Gasteiger partial charge in [-0.1, -0.05) is 6.07 Å². The van der Waals surface area contributed by atoms with Crippen LogP contribution >= 0.6 is 0 Å². The number of nitrogens with one attached hydrogen (secondary N) is 1. The lowest BCUT2D eigenvalue weighted by Gasteiger charge is -2.34. The first-order valence-electron chi connectivity index (χ1n) is 11.8. The van der Waals surface area contributed by atoms with Crippen molar-refractivity contribution in [3.05, 3.63) is 59.3 Å². The van der Waals surface area contributed by atoms with E-state index in [-0.39, 0.29) is 11.8 Å². The van der Waals surface area contributed by atoms with Gasteiger partial charge in [0.05, 0.1) is 23.4 Å². The third-order valence-electron chi connectivity index (χ3n) is 6.79. The van der Waals surface area contributed by atoms with Gasteiger partial charge in [0.15, 0.2) is 0 Å². The minimum Gasteiger partial charge on any atom is -0.494 e. The van der Waals surface area contributed by atoms with E-state index in [1.54, 1.807) is 6.20 Å². The molecular weight excluding hydrogens is 412 g/mol. The summed E-state index contributed by atoms with van der Waals surface area (Å²) in [6, 6.07) is 14.4. The van der Waals surface area contributed by atoms with E-state index < -0.39 is 0 Å². The van der Waals surface area contributed by atoms with Crippen molar-refractivity contribution >= 4 is 28.2 Å². The number of aryl methyl sites for hydroxylation is 2. The summed E-state index contributed by atoms with van der Waals surface area (Å²) >= 11 is 0. The summed E-state index contributed by atoms with van der Waals surface area (Å²) in [5.74, 6) is 0.824. The molecule has 1 saturated heterocycles. The lowest BCUT2D eigenvalue weighted by molar-refractivity contribution is -0.120. The average Bonchev–Trinajstić information content (AvgIpc) is 3.31. The van der Waals surface area contributed by atoms with Gasteiger partial charge in [0, 0.05) is 36.3 Å². The number of hydrogen-bond acceptors (Lipinski definition) is 5. The number of fused-ring (bicyclic) bond motifs is 2. The van der Waals surface area contributed by atoms with Crippen molar-refractivity contribution in [2.75, 3.05) is 29.9 Å². The number of benzene rings is 2. The Bertz CT molecular complexity index is 1240. The Balaban J connectivity index is 1.32. The fourth-order valence-corrected chi connectivity index (χ4v) is 5.10. The molecule has 1 aliphatic heterocycles. The summed E-state index contributed by atoms with van der Waals surface area (Å²) in [6.07, 6.45) is 6.58. The number of pyridine rings is 1. The molecule has 6 nitrogen and oxygen atoms in total. The Morgan fingerprint density at radius 2 is 2.00 bits per heavy atom. The second-order valence-electron chi connectivity index (χ2n) is 8.83. The van der Waals surface area contributed by atoms with Crippen LogP contribution in [0.5, 0.6) is 5.75 Å². The second kappa shape index (κ2) is 9.11. The topological polar surface area (TPSA) is 78.2 Å². The lowest BCUT2D eigenvalue weighted by atomic mass is 9.94. The Kier molecular flexibility index (Phi) is 5.87. The zero-order chi connectivity index (χ0) is 22.8. The molecule has 3 aromatic rings. The van der Waals surface area contributed by atoms with Crippen molar-refractivity contribution in [3.63, 3.8) is 0 Å². The number of hydrogen-bond donors (Lipinski definition) is 1. The molecule has 1 amide bonds. The number of anilines is 2. The van der Waals surface area contributed by atoms with E-state index in [2.05, 4.69) is 33.4 Å². The molecule has 2 heterocycles. The molecule has 6 heteroatoms. The van der Waals surface area contributed by atoms with Gasteiger partial charge in [-0.25, -0.2) is 0 Å². The van der Waals surface area contributed by atoms with Gasteiger partial charge in [-0.2, -0.15) is 5.26 Å². The fourth-order valence-electron chi connectivity index (χ4n) is 5.10. The van der Waals surface area contributed by atoms with E-state index in [1.807, 2.05) is 31.2 Å². The van der Waals surface area contributed by atoms with E-state index >= 15 is 0 Å². The summed E-state index contributed by atoms with van der Waals surface area (Å²) in [5.41, 5.74) is 5.95. The Hall–Kier alpha value is -3.59. The van der Waals surface area contributed by atoms with Gasteiger partial charge in [-0.05, 0) is 80.5 Å². The zero-order valence-electron chi connectivity index (χ0n) is 18.9. The molecule has 0 saturated carbocycles. The van der Waals surface area contributed by atoms with Gasteiger partial charge in [0.1, 0.15) is 11.8 Å². The molecule has 1 fully saturated rings. The number of piperidine rings is 1. The molecule has 0 unspecified atom stereocenters. The average molecular weight is 441 g/mol. The summed E-state index contributed by atoms with van der Waals surface area (Å²) in [4.78, 5) is 19.6. The number of ether oxygens (including phenoxy) is 1. The number of nitrogens with zero attached hydrogens (tertiary/aromatic N) is 3. The van der Waals surface area contributed by atoms with Gasteiger partial charge < -0.3 is 15.0 Å². The first-order valence-corrected chi connectivity index (χ1v) is 11.8. The fraction of sp³-hybridized carbons (Fsp3) is 0.370.